The van der Waals surface area contributed by atoms with Gasteiger partial charge < -0.3 is 0 Å². The Morgan fingerprint density at radius 1 is 1.31 bits per heavy atom. The predicted octanol–water partition coefficient (Wildman–Crippen LogP) is 2.46. The first-order valence-electron chi connectivity index (χ1n) is 5.96. The van der Waals surface area contributed by atoms with Gasteiger partial charge in [-0.1, -0.05) is 6.42 Å². The van der Waals surface area contributed by atoms with E-state index < -0.39 is 0 Å². The van der Waals surface area contributed by atoms with Gasteiger partial charge in [-0.25, -0.2) is 9.97 Å². The number of likely N-dealkylation sites (tertiary alicyclic amines) is 1. The lowest BCUT2D eigenvalue weighted by Gasteiger charge is -2.34. The molecular weight excluding hydrogens is 222 g/mol. The molecule has 1 fully saturated rings. The van der Waals surface area contributed by atoms with E-state index in [0.29, 0.717) is 6.04 Å². The molecule has 0 saturated carbocycles. The van der Waals surface area contributed by atoms with E-state index in [1.54, 1.807) is 0 Å². The second-order valence-corrected chi connectivity index (χ2v) is 4.64. The molecule has 0 aliphatic carbocycles. The third-order valence-corrected chi connectivity index (χ3v) is 3.37. The molecular formula is C12H18ClN3. The Hall–Kier alpha value is -0.670. The van der Waals surface area contributed by atoms with Gasteiger partial charge in [0.25, 0.3) is 0 Å². The van der Waals surface area contributed by atoms with Crippen molar-refractivity contribution in [3.05, 3.63) is 24.3 Å². The van der Waals surface area contributed by atoms with E-state index in [4.69, 9.17) is 11.6 Å². The summed E-state index contributed by atoms with van der Waals surface area (Å²) in [4.78, 5) is 11.0. The monoisotopic (exact) mass is 239 g/mol. The van der Waals surface area contributed by atoms with Crippen molar-refractivity contribution < 1.29 is 0 Å². The molecule has 0 amide bonds. The summed E-state index contributed by atoms with van der Waals surface area (Å²) in [6, 6.07) is 2.48. The number of alkyl halides is 1. The Morgan fingerprint density at radius 2 is 2.12 bits per heavy atom. The van der Waals surface area contributed by atoms with E-state index in [1.165, 1.54) is 19.3 Å². The minimum absolute atomic E-state index is 0.620. The molecule has 1 unspecified atom stereocenters. The fourth-order valence-corrected chi connectivity index (χ4v) is 2.57. The first-order valence-corrected chi connectivity index (χ1v) is 6.49. The Morgan fingerprint density at radius 3 is 2.88 bits per heavy atom. The van der Waals surface area contributed by atoms with Crippen LogP contribution < -0.4 is 0 Å². The number of nitrogens with zero attached hydrogens (tertiary/aromatic N) is 3. The lowest BCUT2D eigenvalue weighted by Crippen LogP contribution is -2.39. The van der Waals surface area contributed by atoms with Gasteiger partial charge in [0.15, 0.2) is 0 Å². The van der Waals surface area contributed by atoms with Gasteiger partial charge in [0.2, 0.25) is 0 Å². The van der Waals surface area contributed by atoms with Crippen LogP contribution in [0.5, 0.6) is 0 Å². The van der Waals surface area contributed by atoms with Gasteiger partial charge >= 0.3 is 0 Å². The standard InChI is InChI=1S/C12H18ClN3/c13-6-5-11-4-1-2-9-16(11)10-12-14-7-3-8-15-12/h3,7-8,11H,1-2,4-6,9-10H2. The molecule has 0 radical (unpaired) electrons. The van der Waals surface area contributed by atoms with Crippen molar-refractivity contribution in [1.29, 1.82) is 0 Å². The van der Waals surface area contributed by atoms with Gasteiger partial charge in [0.05, 0.1) is 6.54 Å². The van der Waals surface area contributed by atoms with Crippen molar-refractivity contribution in [3.63, 3.8) is 0 Å². The molecule has 4 heteroatoms. The summed E-state index contributed by atoms with van der Waals surface area (Å²) >= 11 is 5.85. The summed E-state index contributed by atoms with van der Waals surface area (Å²) in [6.45, 7) is 2.02. The summed E-state index contributed by atoms with van der Waals surface area (Å²) in [5.74, 6) is 1.67. The van der Waals surface area contributed by atoms with Crippen molar-refractivity contribution in [3.8, 4) is 0 Å². The highest BCUT2D eigenvalue weighted by Gasteiger charge is 2.22. The second-order valence-electron chi connectivity index (χ2n) is 4.26. The normalized spacial score (nSPS) is 22.2. The maximum absolute atomic E-state index is 5.85. The first kappa shape index (κ1) is 11.8. The number of piperidine rings is 1. The fraction of sp³-hybridized carbons (Fsp3) is 0.667. The number of aromatic nitrogens is 2. The predicted molar refractivity (Wildman–Crippen MR) is 65.4 cm³/mol. The zero-order valence-corrected chi connectivity index (χ0v) is 10.2. The highest BCUT2D eigenvalue weighted by atomic mass is 35.5. The van der Waals surface area contributed by atoms with Crippen molar-refractivity contribution >= 4 is 11.6 Å². The molecule has 88 valence electrons. The van der Waals surface area contributed by atoms with Crippen LogP contribution in [0, 0.1) is 0 Å². The van der Waals surface area contributed by atoms with Crippen molar-refractivity contribution in [2.24, 2.45) is 0 Å². The van der Waals surface area contributed by atoms with Crippen LogP contribution in [0.4, 0.5) is 0 Å². The van der Waals surface area contributed by atoms with Gasteiger partial charge in [-0.2, -0.15) is 0 Å². The molecule has 3 nitrogen and oxygen atoms in total. The maximum atomic E-state index is 5.85. The number of hydrogen-bond donors (Lipinski definition) is 0. The SMILES string of the molecule is ClCCC1CCCCN1Cc1ncccn1. The highest BCUT2D eigenvalue weighted by molar-refractivity contribution is 6.17. The smallest absolute Gasteiger partial charge is 0.142 e. The van der Waals surface area contributed by atoms with E-state index in [1.807, 2.05) is 18.5 Å². The third-order valence-electron chi connectivity index (χ3n) is 3.16. The quantitative estimate of drug-likeness (QED) is 0.756. The molecule has 2 rings (SSSR count). The van der Waals surface area contributed by atoms with Crippen LogP contribution in [0.15, 0.2) is 18.5 Å². The molecule has 1 saturated heterocycles. The molecule has 2 heterocycles. The van der Waals surface area contributed by atoms with E-state index in [9.17, 15) is 0 Å². The minimum Gasteiger partial charge on any atom is -0.293 e. The lowest BCUT2D eigenvalue weighted by atomic mass is 10.00. The molecule has 0 aromatic carbocycles. The van der Waals surface area contributed by atoms with Gasteiger partial charge in [0, 0.05) is 24.3 Å². The van der Waals surface area contributed by atoms with Gasteiger partial charge in [-0.05, 0) is 31.9 Å². The largest absolute Gasteiger partial charge is 0.293 e. The van der Waals surface area contributed by atoms with Crippen LogP contribution >= 0.6 is 11.6 Å². The van der Waals surface area contributed by atoms with Crippen molar-refractivity contribution in [2.75, 3.05) is 12.4 Å². The topological polar surface area (TPSA) is 29.0 Å². The van der Waals surface area contributed by atoms with Crippen molar-refractivity contribution in [1.82, 2.24) is 14.9 Å². The summed E-state index contributed by atoms with van der Waals surface area (Å²) in [5, 5.41) is 0. The van der Waals surface area contributed by atoms with Crippen LogP contribution in [-0.2, 0) is 6.54 Å². The summed E-state index contributed by atoms with van der Waals surface area (Å²) < 4.78 is 0. The minimum atomic E-state index is 0.620. The summed E-state index contributed by atoms with van der Waals surface area (Å²) in [7, 11) is 0. The molecule has 0 spiro atoms. The molecule has 16 heavy (non-hydrogen) atoms. The number of halogens is 1. The van der Waals surface area contributed by atoms with Crippen LogP contribution in [-0.4, -0.2) is 33.3 Å². The van der Waals surface area contributed by atoms with Crippen LogP contribution in [0.25, 0.3) is 0 Å². The lowest BCUT2D eigenvalue weighted by molar-refractivity contribution is 0.133. The van der Waals surface area contributed by atoms with Gasteiger partial charge in [-0.3, -0.25) is 4.90 Å². The van der Waals surface area contributed by atoms with E-state index in [0.717, 1.165) is 31.2 Å². The summed E-state index contributed by atoms with van der Waals surface area (Å²) in [5.41, 5.74) is 0. The molecule has 1 atom stereocenters. The highest BCUT2D eigenvalue weighted by Crippen LogP contribution is 2.21. The Balaban J connectivity index is 1.96. The molecule has 0 N–H and O–H groups in total. The molecule has 1 aromatic heterocycles. The average molecular weight is 240 g/mol. The van der Waals surface area contributed by atoms with E-state index in [-0.39, 0.29) is 0 Å². The molecule has 1 aliphatic rings. The third kappa shape index (κ3) is 3.16. The van der Waals surface area contributed by atoms with Crippen LogP contribution in [0.1, 0.15) is 31.5 Å². The first-order chi connectivity index (χ1) is 7.90. The number of rotatable bonds is 4. The molecule has 1 aromatic rings. The summed E-state index contributed by atoms with van der Waals surface area (Å²) in [6.07, 6.45) is 8.57. The zero-order chi connectivity index (χ0) is 11.2. The Labute approximate surface area is 102 Å². The van der Waals surface area contributed by atoms with Crippen molar-refractivity contribution in [2.45, 2.75) is 38.3 Å². The maximum Gasteiger partial charge on any atom is 0.142 e. The van der Waals surface area contributed by atoms with Gasteiger partial charge in [0.1, 0.15) is 5.82 Å². The van der Waals surface area contributed by atoms with Gasteiger partial charge in [-0.15, -0.1) is 11.6 Å². The Kier molecular flexibility index (Phi) is 4.55. The fourth-order valence-electron chi connectivity index (χ4n) is 2.31. The number of hydrogen-bond acceptors (Lipinski definition) is 3. The molecule has 0 bridgehead atoms. The second kappa shape index (κ2) is 6.16. The average Bonchev–Trinajstić information content (AvgIpc) is 2.33. The van der Waals surface area contributed by atoms with E-state index >= 15 is 0 Å². The Bertz CT molecular complexity index is 302. The zero-order valence-electron chi connectivity index (χ0n) is 9.48. The molecule has 1 aliphatic heterocycles. The van der Waals surface area contributed by atoms with E-state index in [2.05, 4.69) is 14.9 Å². The van der Waals surface area contributed by atoms with Crippen LogP contribution in [0.3, 0.4) is 0 Å². The van der Waals surface area contributed by atoms with Crippen LogP contribution in [0.2, 0.25) is 0 Å².